The first-order valence-electron chi connectivity index (χ1n) is 12.5. The van der Waals surface area contributed by atoms with Gasteiger partial charge in [0.2, 0.25) is 0 Å². The maximum absolute atomic E-state index is 13.2. The number of hydrogen-bond acceptors (Lipinski definition) is 6. The quantitative estimate of drug-likeness (QED) is 0.550. The fourth-order valence-corrected chi connectivity index (χ4v) is 5.84. The number of hydrogen-bond donors (Lipinski definition) is 1. The minimum atomic E-state index is -4.36. The normalized spacial score (nSPS) is 20.6. The molecule has 0 spiro atoms. The Kier molecular flexibility index (Phi) is 6.36. The molecule has 0 bridgehead atoms. The summed E-state index contributed by atoms with van der Waals surface area (Å²) in [5, 5.41) is 12.8. The van der Waals surface area contributed by atoms with Gasteiger partial charge in [0.15, 0.2) is 0 Å². The topological polar surface area (TPSA) is 77.2 Å². The van der Waals surface area contributed by atoms with Gasteiger partial charge in [0.25, 0.3) is 5.56 Å². The van der Waals surface area contributed by atoms with E-state index in [2.05, 4.69) is 40.0 Å². The highest BCUT2D eigenvalue weighted by atomic mass is 19.4. The van der Waals surface area contributed by atoms with Crippen molar-refractivity contribution in [1.82, 2.24) is 14.5 Å². The van der Waals surface area contributed by atoms with Crippen LogP contribution in [0.5, 0.6) is 0 Å². The summed E-state index contributed by atoms with van der Waals surface area (Å²) in [7, 11) is 1.70. The number of nitrogens with one attached hydrogen (secondary N) is 1. The predicted octanol–water partition coefficient (Wildman–Crippen LogP) is 4.67. The van der Waals surface area contributed by atoms with E-state index in [-0.39, 0.29) is 29.4 Å². The van der Waals surface area contributed by atoms with Gasteiger partial charge in [0, 0.05) is 38.8 Å². The molecule has 2 aliphatic heterocycles. The molecule has 0 aliphatic carbocycles. The smallest absolute Gasteiger partial charge is 0.377 e. The summed E-state index contributed by atoms with van der Waals surface area (Å²) in [6, 6.07) is 11.1. The Morgan fingerprint density at radius 2 is 1.89 bits per heavy atom. The summed E-state index contributed by atoms with van der Waals surface area (Å²) < 4.78 is 40.9. The van der Waals surface area contributed by atoms with Gasteiger partial charge in [-0.25, -0.2) is 4.98 Å². The summed E-state index contributed by atoms with van der Waals surface area (Å²) in [4.78, 5) is 22.4. The zero-order chi connectivity index (χ0) is 26.5. The summed E-state index contributed by atoms with van der Waals surface area (Å²) in [5.74, 6) is 0. The van der Waals surface area contributed by atoms with Crippen LogP contribution in [0.4, 0.5) is 24.5 Å². The van der Waals surface area contributed by atoms with Gasteiger partial charge < -0.3 is 14.8 Å². The molecule has 0 saturated carbocycles. The van der Waals surface area contributed by atoms with Crippen molar-refractivity contribution in [1.29, 1.82) is 5.26 Å². The van der Waals surface area contributed by atoms with E-state index in [1.54, 1.807) is 35.9 Å². The van der Waals surface area contributed by atoms with Crippen molar-refractivity contribution in [2.24, 2.45) is 7.05 Å². The number of fused-ring (bicyclic) bond motifs is 5. The molecule has 1 N–H and O–H groups in total. The lowest BCUT2D eigenvalue weighted by atomic mass is 9.93. The van der Waals surface area contributed by atoms with Crippen LogP contribution in [0, 0.1) is 11.3 Å². The Hall–Kier alpha value is -3.58. The Bertz CT molecular complexity index is 1430. The van der Waals surface area contributed by atoms with Crippen LogP contribution in [0.15, 0.2) is 41.2 Å². The first-order valence-corrected chi connectivity index (χ1v) is 12.5. The number of halogens is 3. The molecule has 10 heteroatoms. The van der Waals surface area contributed by atoms with E-state index in [4.69, 9.17) is 0 Å². The number of alkyl halides is 3. The van der Waals surface area contributed by atoms with Crippen molar-refractivity contribution in [2.45, 2.75) is 51.0 Å². The van der Waals surface area contributed by atoms with Gasteiger partial charge in [-0.2, -0.15) is 18.4 Å². The molecular formula is C27H29F3N6O. The summed E-state index contributed by atoms with van der Waals surface area (Å²) >= 11 is 0. The van der Waals surface area contributed by atoms with Crippen molar-refractivity contribution >= 4 is 22.4 Å². The summed E-state index contributed by atoms with van der Waals surface area (Å²) in [6.45, 7) is 6.05. The molecule has 0 radical (unpaired) electrons. The van der Waals surface area contributed by atoms with E-state index >= 15 is 0 Å². The molecule has 37 heavy (non-hydrogen) atoms. The lowest BCUT2D eigenvalue weighted by Crippen LogP contribution is -2.62. The van der Waals surface area contributed by atoms with E-state index < -0.39 is 11.7 Å². The van der Waals surface area contributed by atoms with Gasteiger partial charge in [-0.05, 0) is 42.7 Å². The predicted molar refractivity (Wildman–Crippen MR) is 137 cm³/mol. The molecule has 0 unspecified atom stereocenters. The van der Waals surface area contributed by atoms with Gasteiger partial charge >= 0.3 is 6.18 Å². The monoisotopic (exact) mass is 510 g/mol. The number of benzene rings is 1. The zero-order valence-corrected chi connectivity index (χ0v) is 21.0. The minimum absolute atomic E-state index is 0.0283. The van der Waals surface area contributed by atoms with Crippen molar-refractivity contribution in [3.05, 3.63) is 63.6 Å². The van der Waals surface area contributed by atoms with Crippen LogP contribution in [0.25, 0.3) is 11.0 Å². The standard InChI is InChI=1S/C27H29F3N6O/c1-4-19-14-36-20(15-35(19)21(5-2)16-6-8-17(9-7-16)27(28,29)30)13-32-24-25(36)23-22(34(3)26(24)37)11-10-18(12-31)33-23/h6-11,19-21,32H,4-5,13-15H2,1-3H3/t19-,20-,21-/m1/s1. The fourth-order valence-electron chi connectivity index (χ4n) is 5.84. The first kappa shape index (κ1) is 25.1. The van der Waals surface area contributed by atoms with Gasteiger partial charge in [-0.1, -0.05) is 26.0 Å². The van der Waals surface area contributed by atoms with Gasteiger partial charge in [-0.3, -0.25) is 9.69 Å². The van der Waals surface area contributed by atoms with Crippen molar-refractivity contribution in [3.8, 4) is 6.07 Å². The molecule has 4 heterocycles. The van der Waals surface area contributed by atoms with E-state index in [0.717, 1.165) is 36.2 Å². The van der Waals surface area contributed by atoms with Crippen LogP contribution in [-0.2, 0) is 13.2 Å². The Morgan fingerprint density at radius 3 is 2.51 bits per heavy atom. The molecule has 5 rings (SSSR count). The van der Waals surface area contributed by atoms with Gasteiger partial charge in [0.05, 0.1) is 22.8 Å². The average molecular weight is 511 g/mol. The lowest BCUT2D eigenvalue weighted by molar-refractivity contribution is -0.137. The molecule has 194 valence electrons. The van der Waals surface area contributed by atoms with Crippen molar-refractivity contribution in [3.63, 3.8) is 0 Å². The number of nitrogens with zero attached hydrogens (tertiary/aromatic N) is 5. The fraction of sp³-hybridized carbons (Fsp3) is 0.444. The number of nitriles is 1. The number of pyridine rings is 2. The molecule has 1 fully saturated rings. The van der Waals surface area contributed by atoms with E-state index in [0.29, 0.717) is 36.4 Å². The Balaban J connectivity index is 1.53. The molecule has 0 amide bonds. The molecule has 3 aromatic rings. The van der Waals surface area contributed by atoms with E-state index in [9.17, 15) is 23.2 Å². The largest absolute Gasteiger partial charge is 0.416 e. The number of piperazine rings is 1. The SMILES string of the molecule is CC[C@@H]1CN2c3c(c(=O)n(C)c4ccc(C#N)nc34)NC[C@@H]2CN1[C@H](CC)c1ccc(C(F)(F)F)cc1. The van der Waals surface area contributed by atoms with Gasteiger partial charge in [-0.15, -0.1) is 0 Å². The van der Waals surface area contributed by atoms with E-state index in [1.807, 2.05) is 0 Å². The molecular weight excluding hydrogens is 481 g/mol. The van der Waals surface area contributed by atoms with Crippen LogP contribution < -0.4 is 15.8 Å². The highest BCUT2D eigenvalue weighted by molar-refractivity contribution is 5.97. The number of aromatic nitrogens is 2. The van der Waals surface area contributed by atoms with Crippen molar-refractivity contribution < 1.29 is 13.2 Å². The Morgan fingerprint density at radius 1 is 1.16 bits per heavy atom. The van der Waals surface area contributed by atoms with Crippen LogP contribution in [0.3, 0.4) is 0 Å². The number of rotatable bonds is 4. The van der Waals surface area contributed by atoms with Crippen LogP contribution in [0.2, 0.25) is 0 Å². The highest BCUT2D eigenvalue weighted by Crippen LogP contribution is 2.40. The van der Waals surface area contributed by atoms with E-state index in [1.165, 1.54) is 0 Å². The van der Waals surface area contributed by atoms with Crippen molar-refractivity contribution in [2.75, 3.05) is 29.9 Å². The molecule has 2 aliphatic rings. The molecule has 7 nitrogen and oxygen atoms in total. The maximum atomic E-state index is 13.2. The molecule has 1 aromatic carbocycles. The van der Waals surface area contributed by atoms with Crippen LogP contribution in [-0.4, -0.2) is 46.2 Å². The number of anilines is 2. The maximum Gasteiger partial charge on any atom is 0.416 e. The second-order valence-corrected chi connectivity index (χ2v) is 9.75. The summed E-state index contributed by atoms with van der Waals surface area (Å²) in [6.07, 6.45) is -2.77. The second kappa shape index (κ2) is 9.38. The molecule has 3 atom stereocenters. The number of aryl methyl sites for hydroxylation is 1. The summed E-state index contributed by atoms with van der Waals surface area (Å²) in [5.41, 5.74) is 2.87. The zero-order valence-electron chi connectivity index (χ0n) is 21.0. The third kappa shape index (κ3) is 4.21. The molecule has 2 aromatic heterocycles. The Labute approximate surface area is 213 Å². The lowest BCUT2D eigenvalue weighted by Gasteiger charge is -2.52. The van der Waals surface area contributed by atoms with Gasteiger partial charge in [0.1, 0.15) is 23.0 Å². The second-order valence-electron chi connectivity index (χ2n) is 9.75. The third-order valence-corrected chi connectivity index (χ3v) is 7.75. The third-order valence-electron chi connectivity index (χ3n) is 7.75. The molecule has 1 saturated heterocycles. The van der Waals surface area contributed by atoms with Crippen LogP contribution >= 0.6 is 0 Å². The average Bonchev–Trinajstić information content (AvgIpc) is 2.90. The first-order chi connectivity index (χ1) is 17.7. The highest BCUT2D eigenvalue weighted by Gasteiger charge is 2.41. The minimum Gasteiger partial charge on any atom is -0.377 e. The van der Waals surface area contributed by atoms with Crippen LogP contribution in [0.1, 0.15) is 49.6 Å².